The molecule has 3 nitrogen and oxygen atoms in total. The first-order valence-electron chi connectivity index (χ1n) is 5.54. The molecule has 0 bridgehead atoms. The van der Waals surface area contributed by atoms with Crippen molar-refractivity contribution in [1.82, 2.24) is 5.32 Å². The van der Waals surface area contributed by atoms with E-state index in [1.165, 1.54) is 12.1 Å². The van der Waals surface area contributed by atoms with Gasteiger partial charge in [0.2, 0.25) is 0 Å². The summed E-state index contributed by atoms with van der Waals surface area (Å²) in [7, 11) is 0. The molecule has 1 aromatic carbocycles. The van der Waals surface area contributed by atoms with Crippen molar-refractivity contribution in [3.63, 3.8) is 0 Å². The summed E-state index contributed by atoms with van der Waals surface area (Å²) in [5.41, 5.74) is -2.03. The maximum absolute atomic E-state index is 13.6. The van der Waals surface area contributed by atoms with Gasteiger partial charge in [-0.05, 0) is 45.9 Å². The third kappa shape index (κ3) is 3.29. The van der Waals surface area contributed by atoms with Crippen LogP contribution in [0.25, 0.3) is 0 Å². The zero-order valence-electron chi connectivity index (χ0n) is 10.8. The highest BCUT2D eigenvalue weighted by Crippen LogP contribution is 2.22. The molecule has 0 atom stereocenters. The van der Waals surface area contributed by atoms with Crippen molar-refractivity contribution in [2.75, 3.05) is 0 Å². The van der Waals surface area contributed by atoms with E-state index in [0.717, 1.165) is 0 Å². The first-order chi connectivity index (χ1) is 8.04. The van der Waals surface area contributed by atoms with Crippen molar-refractivity contribution >= 4 is 21.8 Å². The third-order valence-corrected chi connectivity index (χ3v) is 3.62. The second-order valence-corrected chi connectivity index (χ2v) is 6.18. The molecule has 0 aliphatic carbocycles. The lowest BCUT2D eigenvalue weighted by atomic mass is 9.85. The van der Waals surface area contributed by atoms with Gasteiger partial charge in [-0.1, -0.05) is 15.9 Å². The molecular weight excluding hydrogens is 301 g/mol. The van der Waals surface area contributed by atoms with Gasteiger partial charge in [0.05, 0.1) is 16.7 Å². The lowest BCUT2D eigenvalue weighted by Gasteiger charge is -2.38. The van der Waals surface area contributed by atoms with Gasteiger partial charge in [0.15, 0.2) is 0 Å². The monoisotopic (exact) mass is 317 g/mol. The number of aliphatic hydroxyl groups is 1. The number of rotatable bonds is 3. The summed E-state index contributed by atoms with van der Waals surface area (Å²) >= 11 is 3.13. The van der Waals surface area contributed by atoms with Crippen molar-refractivity contribution < 1.29 is 14.3 Å². The molecule has 1 amide bonds. The molecule has 100 valence electrons. The molecule has 0 fully saturated rings. The first-order valence-corrected chi connectivity index (χ1v) is 6.34. The SMILES string of the molecule is CC(C)(O)C(C)(C)NC(=O)c1ccc(Br)cc1F. The Bertz CT molecular complexity index is 467. The fraction of sp³-hybridized carbons (Fsp3) is 0.462. The second kappa shape index (κ2) is 4.97. The lowest BCUT2D eigenvalue weighted by Crippen LogP contribution is -2.57. The van der Waals surface area contributed by atoms with Crippen LogP contribution in [0, 0.1) is 5.82 Å². The summed E-state index contributed by atoms with van der Waals surface area (Å²) in [5.74, 6) is -1.15. The van der Waals surface area contributed by atoms with E-state index >= 15 is 0 Å². The summed E-state index contributed by atoms with van der Waals surface area (Å²) in [5, 5.41) is 12.6. The topological polar surface area (TPSA) is 49.3 Å². The molecule has 2 N–H and O–H groups in total. The molecule has 0 radical (unpaired) electrons. The van der Waals surface area contributed by atoms with Crippen LogP contribution in [0.2, 0.25) is 0 Å². The largest absolute Gasteiger partial charge is 0.388 e. The van der Waals surface area contributed by atoms with Crippen LogP contribution in [0.1, 0.15) is 38.1 Å². The number of hydrogen-bond acceptors (Lipinski definition) is 2. The molecular formula is C13H17BrFNO2. The average molecular weight is 318 g/mol. The van der Waals surface area contributed by atoms with E-state index in [-0.39, 0.29) is 5.56 Å². The maximum atomic E-state index is 13.6. The molecule has 0 heterocycles. The summed E-state index contributed by atoms with van der Waals surface area (Å²) in [6.45, 7) is 6.54. The summed E-state index contributed by atoms with van der Waals surface area (Å²) in [6.07, 6.45) is 0. The third-order valence-electron chi connectivity index (χ3n) is 3.13. The molecule has 0 aromatic heterocycles. The minimum Gasteiger partial charge on any atom is -0.388 e. The standard InChI is InChI=1S/C13H17BrFNO2/c1-12(2,13(3,4)18)16-11(17)9-6-5-8(14)7-10(9)15/h5-7,18H,1-4H3,(H,16,17). The van der Waals surface area contributed by atoms with E-state index in [1.807, 2.05) is 0 Å². The predicted octanol–water partition coefficient (Wildman–Crippen LogP) is 2.87. The Kier molecular flexibility index (Phi) is 4.18. The zero-order valence-corrected chi connectivity index (χ0v) is 12.4. The van der Waals surface area contributed by atoms with Gasteiger partial charge in [0.25, 0.3) is 5.91 Å². The van der Waals surface area contributed by atoms with Crippen LogP contribution in [0.4, 0.5) is 4.39 Å². The smallest absolute Gasteiger partial charge is 0.254 e. The Hall–Kier alpha value is -0.940. The first kappa shape index (κ1) is 15.1. The normalized spacial score (nSPS) is 12.4. The van der Waals surface area contributed by atoms with Crippen LogP contribution in [-0.2, 0) is 0 Å². The number of carbonyl (C=O) groups excluding carboxylic acids is 1. The fourth-order valence-corrected chi connectivity index (χ4v) is 1.51. The second-order valence-electron chi connectivity index (χ2n) is 5.26. The van der Waals surface area contributed by atoms with Gasteiger partial charge in [-0.3, -0.25) is 4.79 Å². The zero-order chi connectivity index (χ0) is 14.1. The van der Waals surface area contributed by atoms with Crippen LogP contribution >= 0.6 is 15.9 Å². The molecule has 0 unspecified atom stereocenters. The van der Waals surface area contributed by atoms with Crippen LogP contribution in [0.3, 0.4) is 0 Å². The van der Waals surface area contributed by atoms with E-state index < -0.39 is 22.9 Å². The summed E-state index contributed by atoms with van der Waals surface area (Å²) in [6, 6.07) is 4.22. The van der Waals surface area contributed by atoms with Crippen molar-refractivity contribution in [2.24, 2.45) is 0 Å². The minimum absolute atomic E-state index is 0.0458. The Labute approximate surface area is 115 Å². The van der Waals surface area contributed by atoms with Crippen LogP contribution in [0.15, 0.2) is 22.7 Å². The van der Waals surface area contributed by atoms with E-state index in [1.54, 1.807) is 33.8 Å². The predicted molar refractivity (Wildman–Crippen MR) is 71.9 cm³/mol. The van der Waals surface area contributed by atoms with Crippen LogP contribution in [-0.4, -0.2) is 22.2 Å². The van der Waals surface area contributed by atoms with E-state index in [9.17, 15) is 14.3 Å². The maximum Gasteiger partial charge on any atom is 0.254 e. The van der Waals surface area contributed by atoms with Gasteiger partial charge in [0.1, 0.15) is 5.82 Å². The number of benzene rings is 1. The Balaban J connectivity index is 2.96. The van der Waals surface area contributed by atoms with E-state index in [4.69, 9.17) is 0 Å². The Morgan fingerprint density at radius 1 is 1.33 bits per heavy atom. The summed E-state index contributed by atoms with van der Waals surface area (Å²) < 4.78 is 14.2. The molecule has 0 spiro atoms. The Morgan fingerprint density at radius 2 is 1.89 bits per heavy atom. The molecule has 0 aliphatic heterocycles. The molecule has 0 saturated heterocycles. The quantitative estimate of drug-likeness (QED) is 0.900. The molecule has 0 saturated carbocycles. The molecule has 5 heteroatoms. The Morgan fingerprint density at radius 3 is 2.33 bits per heavy atom. The van der Waals surface area contributed by atoms with Gasteiger partial charge in [-0.15, -0.1) is 0 Å². The number of carbonyl (C=O) groups is 1. The van der Waals surface area contributed by atoms with Gasteiger partial charge in [-0.2, -0.15) is 0 Å². The van der Waals surface area contributed by atoms with Crippen LogP contribution < -0.4 is 5.32 Å². The van der Waals surface area contributed by atoms with Crippen molar-refractivity contribution in [3.05, 3.63) is 34.1 Å². The molecule has 18 heavy (non-hydrogen) atoms. The molecule has 0 aliphatic rings. The minimum atomic E-state index is -1.12. The number of nitrogens with one attached hydrogen (secondary N) is 1. The summed E-state index contributed by atoms with van der Waals surface area (Å²) in [4.78, 5) is 12.0. The molecule has 1 rings (SSSR count). The van der Waals surface area contributed by atoms with Crippen LogP contribution in [0.5, 0.6) is 0 Å². The number of amides is 1. The average Bonchev–Trinajstić information content (AvgIpc) is 2.14. The van der Waals surface area contributed by atoms with Crippen molar-refractivity contribution in [2.45, 2.75) is 38.8 Å². The van der Waals surface area contributed by atoms with Gasteiger partial charge < -0.3 is 10.4 Å². The number of hydrogen-bond donors (Lipinski definition) is 2. The van der Waals surface area contributed by atoms with E-state index in [2.05, 4.69) is 21.2 Å². The fourth-order valence-electron chi connectivity index (χ4n) is 1.18. The highest BCUT2D eigenvalue weighted by molar-refractivity contribution is 9.10. The highest BCUT2D eigenvalue weighted by Gasteiger charge is 2.36. The van der Waals surface area contributed by atoms with Crippen molar-refractivity contribution in [3.8, 4) is 0 Å². The van der Waals surface area contributed by atoms with Gasteiger partial charge in [-0.25, -0.2) is 4.39 Å². The van der Waals surface area contributed by atoms with Gasteiger partial charge in [0, 0.05) is 4.47 Å². The van der Waals surface area contributed by atoms with Gasteiger partial charge >= 0.3 is 0 Å². The lowest BCUT2D eigenvalue weighted by molar-refractivity contribution is -0.00300. The number of halogens is 2. The highest BCUT2D eigenvalue weighted by atomic mass is 79.9. The van der Waals surface area contributed by atoms with E-state index in [0.29, 0.717) is 4.47 Å². The molecule has 1 aromatic rings. The van der Waals surface area contributed by atoms with Crippen molar-refractivity contribution in [1.29, 1.82) is 0 Å².